The van der Waals surface area contributed by atoms with E-state index in [0.717, 1.165) is 4.47 Å². The van der Waals surface area contributed by atoms with Crippen molar-refractivity contribution >= 4 is 50.0 Å². The number of hydrazone groups is 1. The Kier molecular flexibility index (Phi) is 7.31. The molecule has 0 aliphatic rings. The molecule has 7 nitrogen and oxygen atoms in total. The Labute approximate surface area is 189 Å². The molecule has 0 atom stereocenters. The minimum absolute atomic E-state index is 0.267. The maximum Gasteiger partial charge on any atom is 0.343 e. The van der Waals surface area contributed by atoms with Crippen molar-refractivity contribution < 1.29 is 19.1 Å². The van der Waals surface area contributed by atoms with E-state index in [1.54, 1.807) is 48.7 Å². The van der Waals surface area contributed by atoms with Gasteiger partial charge in [-0.3, -0.25) is 9.78 Å². The normalized spacial score (nSPS) is 10.6. The topological polar surface area (TPSA) is 89.9 Å². The fourth-order valence-corrected chi connectivity index (χ4v) is 3.15. The second-order valence-corrected chi connectivity index (χ2v) is 7.73. The molecule has 3 aromatic rings. The van der Waals surface area contributed by atoms with Crippen LogP contribution in [0.25, 0.3) is 0 Å². The van der Waals surface area contributed by atoms with Crippen LogP contribution in [0.4, 0.5) is 0 Å². The fourth-order valence-electron chi connectivity index (χ4n) is 2.39. The highest BCUT2D eigenvalue weighted by Crippen LogP contribution is 2.28. The zero-order valence-corrected chi connectivity index (χ0v) is 18.8. The number of benzene rings is 2. The number of methoxy groups -OCH3 is 1. The number of ether oxygens (including phenoxy) is 2. The highest BCUT2D eigenvalue weighted by Gasteiger charge is 2.13. The smallest absolute Gasteiger partial charge is 0.343 e. The molecule has 0 fully saturated rings. The van der Waals surface area contributed by atoms with Crippen LogP contribution in [-0.2, 0) is 0 Å². The van der Waals surface area contributed by atoms with Gasteiger partial charge in [0.15, 0.2) is 11.5 Å². The van der Waals surface area contributed by atoms with Gasteiger partial charge in [0.1, 0.15) is 0 Å². The van der Waals surface area contributed by atoms with Gasteiger partial charge in [-0.2, -0.15) is 5.10 Å². The fraction of sp³-hybridized carbons (Fsp3) is 0.0476. The van der Waals surface area contributed by atoms with Crippen molar-refractivity contribution in [2.75, 3.05) is 7.11 Å². The molecule has 1 heterocycles. The first-order chi connectivity index (χ1) is 14.5. The van der Waals surface area contributed by atoms with Crippen LogP contribution in [-0.4, -0.2) is 30.2 Å². The molecular formula is C21H15Br2N3O4. The SMILES string of the molecule is COc1cc(C=NNC(=O)c2cncc(Br)c2)ccc1OC(=O)c1cccc(Br)c1. The third kappa shape index (κ3) is 5.74. The molecule has 0 saturated heterocycles. The molecule has 1 amide bonds. The third-order valence-corrected chi connectivity index (χ3v) is 4.72. The summed E-state index contributed by atoms with van der Waals surface area (Å²) >= 11 is 6.58. The second-order valence-electron chi connectivity index (χ2n) is 5.90. The number of rotatable bonds is 6. The van der Waals surface area contributed by atoms with E-state index in [0.29, 0.717) is 26.9 Å². The molecule has 1 N–H and O–H groups in total. The third-order valence-electron chi connectivity index (χ3n) is 3.80. The molecule has 0 aliphatic heterocycles. The molecular weight excluding hydrogens is 518 g/mol. The molecule has 30 heavy (non-hydrogen) atoms. The quantitative estimate of drug-likeness (QED) is 0.217. The molecule has 3 rings (SSSR count). The van der Waals surface area contributed by atoms with Gasteiger partial charge in [0.05, 0.1) is 24.5 Å². The number of carbonyl (C=O) groups excluding carboxylic acids is 2. The van der Waals surface area contributed by atoms with Gasteiger partial charge in [-0.05, 0) is 64.0 Å². The van der Waals surface area contributed by atoms with Gasteiger partial charge in [-0.1, -0.05) is 22.0 Å². The first-order valence-electron chi connectivity index (χ1n) is 8.56. The van der Waals surface area contributed by atoms with Gasteiger partial charge in [0.25, 0.3) is 5.91 Å². The summed E-state index contributed by atoms with van der Waals surface area (Å²) < 4.78 is 12.2. The maximum atomic E-state index is 12.3. The van der Waals surface area contributed by atoms with E-state index in [1.807, 2.05) is 6.07 Å². The number of nitrogens with zero attached hydrogens (tertiary/aromatic N) is 2. The zero-order chi connectivity index (χ0) is 21.5. The minimum Gasteiger partial charge on any atom is -0.493 e. The number of aromatic nitrogens is 1. The molecule has 0 spiro atoms. The summed E-state index contributed by atoms with van der Waals surface area (Å²) in [5.74, 6) is -0.286. The van der Waals surface area contributed by atoms with Crippen LogP contribution >= 0.6 is 31.9 Å². The number of halogens is 2. The summed E-state index contributed by atoms with van der Waals surface area (Å²) in [5.41, 5.74) is 3.84. The monoisotopic (exact) mass is 531 g/mol. The van der Waals surface area contributed by atoms with Crippen molar-refractivity contribution in [2.24, 2.45) is 5.10 Å². The van der Waals surface area contributed by atoms with Crippen molar-refractivity contribution in [1.29, 1.82) is 0 Å². The molecule has 0 bridgehead atoms. The lowest BCUT2D eigenvalue weighted by molar-refractivity contribution is 0.0729. The van der Waals surface area contributed by atoms with Gasteiger partial charge in [-0.15, -0.1) is 0 Å². The average Bonchev–Trinajstić information content (AvgIpc) is 2.74. The van der Waals surface area contributed by atoms with Gasteiger partial charge >= 0.3 is 5.97 Å². The molecule has 0 aliphatic carbocycles. The minimum atomic E-state index is -0.508. The Morgan fingerprint density at radius 3 is 2.53 bits per heavy atom. The Balaban J connectivity index is 1.68. The lowest BCUT2D eigenvalue weighted by Gasteiger charge is -2.10. The number of nitrogens with one attached hydrogen (secondary N) is 1. The number of esters is 1. The standard InChI is InChI=1S/C21H15Br2N3O4/c1-29-19-7-13(10-25-26-20(27)15-9-17(23)12-24-11-15)5-6-18(19)30-21(28)14-3-2-4-16(22)8-14/h2-12H,1H3,(H,26,27). The van der Waals surface area contributed by atoms with E-state index >= 15 is 0 Å². The molecule has 1 aromatic heterocycles. The molecule has 0 unspecified atom stereocenters. The Morgan fingerprint density at radius 2 is 1.80 bits per heavy atom. The van der Waals surface area contributed by atoms with Crippen molar-refractivity contribution in [2.45, 2.75) is 0 Å². The molecule has 0 radical (unpaired) electrons. The van der Waals surface area contributed by atoms with Gasteiger partial charge in [0.2, 0.25) is 0 Å². The van der Waals surface area contributed by atoms with Gasteiger partial charge < -0.3 is 9.47 Å². The van der Waals surface area contributed by atoms with Crippen LogP contribution in [0.5, 0.6) is 11.5 Å². The highest BCUT2D eigenvalue weighted by atomic mass is 79.9. The lowest BCUT2D eigenvalue weighted by Crippen LogP contribution is -2.17. The number of pyridine rings is 1. The summed E-state index contributed by atoms with van der Waals surface area (Å²) in [6, 6.07) is 13.4. The first-order valence-corrected chi connectivity index (χ1v) is 10.1. The van der Waals surface area contributed by atoms with Crippen LogP contribution < -0.4 is 14.9 Å². The molecule has 2 aromatic carbocycles. The number of carbonyl (C=O) groups is 2. The summed E-state index contributed by atoms with van der Waals surface area (Å²) in [6.07, 6.45) is 4.47. The van der Waals surface area contributed by atoms with Crippen molar-refractivity contribution in [3.8, 4) is 11.5 Å². The highest BCUT2D eigenvalue weighted by molar-refractivity contribution is 9.10. The molecule has 152 valence electrons. The summed E-state index contributed by atoms with van der Waals surface area (Å²) in [4.78, 5) is 28.4. The van der Waals surface area contributed by atoms with Crippen LogP contribution in [0, 0.1) is 0 Å². The van der Waals surface area contributed by atoms with Crippen LogP contribution in [0.15, 0.2) is 75.0 Å². The molecule has 0 saturated carbocycles. The van der Waals surface area contributed by atoms with Gasteiger partial charge in [-0.25, -0.2) is 10.2 Å². The zero-order valence-electron chi connectivity index (χ0n) is 15.6. The molecule has 9 heteroatoms. The van der Waals surface area contributed by atoms with Crippen molar-refractivity contribution in [1.82, 2.24) is 10.4 Å². The van der Waals surface area contributed by atoms with Crippen molar-refractivity contribution in [3.63, 3.8) is 0 Å². The summed E-state index contributed by atoms with van der Waals surface area (Å²) in [6.45, 7) is 0. The van der Waals surface area contributed by atoms with E-state index in [1.165, 1.54) is 19.5 Å². The predicted molar refractivity (Wildman–Crippen MR) is 119 cm³/mol. The second kappa shape index (κ2) is 10.1. The lowest BCUT2D eigenvalue weighted by atomic mass is 10.2. The van der Waals surface area contributed by atoms with E-state index < -0.39 is 11.9 Å². The maximum absolute atomic E-state index is 12.3. The van der Waals surface area contributed by atoms with E-state index in [2.05, 4.69) is 47.4 Å². The predicted octanol–water partition coefficient (Wildman–Crippen LogP) is 4.60. The first kappa shape index (κ1) is 21.7. The number of hydrogen-bond acceptors (Lipinski definition) is 6. The largest absolute Gasteiger partial charge is 0.493 e. The summed E-state index contributed by atoms with van der Waals surface area (Å²) in [7, 11) is 1.47. The van der Waals surface area contributed by atoms with Crippen molar-refractivity contribution in [3.05, 3.63) is 86.6 Å². The van der Waals surface area contributed by atoms with Gasteiger partial charge in [0, 0.05) is 21.3 Å². The van der Waals surface area contributed by atoms with Crippen LogP contribution in [0.2, 0.25) is 0 Å². The number of amides is 1. The Morgan fingerprint density at radius 1 is 1.00 bits per heavy atom. The Bertz CT molecular complexity index is 1120. The Hall–Kier alpha value is -3.04. The number of hydrogen-bond donors (Lipinski definition) is 1. The van der Waals surface area contributed by atoms with Crippen LogP contribution in [0.3, 0.4) is 0 Å². The van der Waals surface area contributed by atoms with E-state index in [-0.39, 0.29) is 5.75 Å². The van der Waals surface area contributed by atoms with Crippen LogP contribution in [0.1, 0.15) is 26.3 Å². The van der Waals surface area contributed by atoms with E-state index in [4.69, 9.17) is 9.47 Å². The van der Waals surface area contributed by atoms with E-state index in [9.17, 15) is 9.59 Å². The summed E-state index contributed by atoms with van der Waals surface area (Å²) in [5, 5.41) is 3.93. The average molecular weight is 533 g/mol.